The molecule has 0 aromatic rings. The molecule has 6 unspecified atom stereocenters. The maximum atomic E-state index is 10.9. The highest BCUT2D eigenvalue weighted by Crippen LogP contribution is 2.22. The molecule has 138 valence electrons. The number of nitrogens with two attached hydrogens (primary N) is 2. The normalized spacial score (nSPS) is 18.6. The van der Waals surface area contributed by atoms with Crippen LogP contribution < -0.4 is 11.5 Å². The Kier molecular flexibility index (Phi) is 12.9. The van der Waals surface area contributed by atoms with Crippen molar-refractivity contribution in [3.63, 3.8) is 0 Å². The van der Waals surface area contributed by atoms with E-state index in [1.807, 2.05) is 13.8 Å². The van der Waals surface area contributed by atoms with Gasteiger partial charge in [-0.1, -0.05) is 47.5 Å². The Labute approximate surface area is 140 Å². The summed E-state index contributed by atoms with van der Waals surface area (Å²) in [6.07, 6.45) is 1.62. The van der Waals surface area contributed by atoms with E-state index in [9.17, 15) is 14.7 Å². The van der Waals surface area contributed by atoms with E-state index in [0.29, 0.717) is 0 Å². The van der Waals surface area contributed by atoms with Gasteiger partial charge in [0.05, 0.1) is 12.2 Å². The van der Waals surface area contributed by atoms with Crippen molar-refractivity contribution in [1.29, 1.82) is 0 Å². The van der Waals surface area contributed by atoms with Crippen LogP contribution in [0.3, 0.4) is 0 Å². The van der Waals surface area contributed by atoms with Crippen molar-refractivity contribution in [2.24, 2.45) is 35.1 Å². The van der Waals surface area contributed by atoms with Crippen LogP contribution in [0, 0.1) is 23.7 Å². The van der Waals surface area contributed by atoms with E-state index in [1.54, 1.807) is 27.7 Å². The van der Waals surface area contributed by atoms with Crippen LogP contribution in [0.25, 0.3) is 0 Å². The molecule has 2 amide bonds. The molecule has 6 N–H and O–H groups in total. The Morgan fingerprint density at radius 1 is 0.913 bits per heavy atom. The van der Waals surface area contributed by atoms with Gasteiger partial charge in [0.1, 0.15) is 0 Å². The van der Waals surface area contributed by atoms with Crippen LogP contribution in [0.15, 0.2) is 0 Å². The van der Waals surface area contributed by atoms with Crippen LogP contribution in [-0.4, -0.2) is 34.2 Å². The second-order valence-electron chi connectivity index (χ2n) is 6.41. The number of carbonyl (C=O) groups is 2. The zero-order valence-corrected chi connectivity index (χ0v) is 15.5. The highest BCUT2D eigenvalue weighted by atomic mass is 16.3. The third-order valence-electron chi connectivity index (χ3n) is 4.64. The molecule has 0 spiro atoms. The maximum Gasteiger partial charge on any atom is 0.220 e. The van der Waals surface area contributed by atoms with Crippen molar-refractivity contribution in [2.75, 3.05) is 0 Å². The predicted octanol–water partition coefficient (Wildman–Crippen LogP) is 1.42. The van der Waals surface area contributed by atoms with Crippen LogP contribution in [0.4, 0.5) is 0 Å². The lowest BCUT2D eigenvalue weighted by molar-refractivity contribution is -0.125. The fourth-order valence-electron chi connectivity index (χ4n) is 2.36. The molecule has 6 atom stereocenters. The fraction of sp³-hybridized carbons (Fsp3) is 0.882. The lowest BCUT2D eigenvalue weighted by atomic mass is 9.84. The number of amides is 2. The minimum Gasteiger partial charge on any atom is -0.393 e. The van der Waals surface area contributed by atoms with Crippen molar-refractivity contribution in [3.8, 4) is 0 Å². The molecular formula is C17H36N2O4. The SMILES string of the molecule is CC(O)C(C)C(C)C(N)=O.CCCC(O)C(CC)C(C)C(N)=O. The number of hydrogen-bond acceptors (Lipinski definition) is 4. The van der Waals surface area contributed by atoms with E-state index in [-0.39, 0.29) is 35.5 Å². The van der Waals surface area contributed by atoms with Gasteiger partial charge in [-0.05, 0) is 25.2 Å². The van der Waals surface area contributed by atoms with Crippen molar-refractivity contribution < 1.29 is 19.8 Å². The van der Waals surface area contributed by atoms with Gasteiger partial charge in [0.15, 0.2) is 0 Å². The van der Waals surface area contributed by atoms with Gasteiger partial charge < -0.3 is 21.7 Å². The average Bonchev–Trinajstić information content (AvgIpc) is 2.46. The molecular weight excluding hydrogens is 296 g/mol. The van der Waals surface area contributed by atoms with Crippen molar-refractivity contribution in [2.45, 2.75) is 73.0 Å². The summed E-state index contributed by atoms with van der Waals surface area (Å²) in [5, 5.41) is 18.8. The first-order valence-corrected chi connectivity index (χ1v) is 8.45. The maximum absolute atomic E-state index is 10.9. The summed E-state index contributed by atoms with van der Waals surface area (Å²) in [5.41, 5.74) is 10.2. The molecule has 0 aliphatic carbocycles. The number of aliphatic hydroxyl groups excluding tert-OH is 2. The zero-order valence-electron chi connectivity index (χ0n) is 15.5. The van der Waals surface area contributed by atoms with E-state index in [0.717, 1.165) is 19.3 Å². The molecule has 6 heteroatoms. The predicted molar refractivity (Wildman–Crippen MR) is 92.3 cm³/mol. The Morgan fingerprint density at radius 3 is 1.57 bits per heavy atom. The van der Waals surface area contributed by atoms with Crippen molar-refractivity contribution >= 4 is 11.8 Å². The Morgan fingerprint density at radius 2 is 1.35 bits per heavy atom. The largest absolute Gasteiger partial charge is 0.393 e. The van der Waals surface area contributed by atoms with Crippen molar-refractivity contribution in [3.05, 3.63) is 0 Å². The summed E-state index contributed by atoms with van der Waals surface area (Å²) >= 11 is 0. The van der Waals surface area contributed by atoms with Gasteiger partial charge in [-0.2, -0.15) is 0 Å². The van der Waals surface area contributed by atoms with E-state index >= 15 is 0 Å². The summed E-state index contributed by atoms with van der Waals surface area (Å²) in [6, 6.07) is 0. The molecule has 0 aromatic heterocycles. The van der Waals surface area contributed by atoms with Crippen molar-refractivity contribution in [1.82, 2.24) is 0 Å². The Hall–Kier alpha value is -1.14. The molecule has 0 heterocycles. The molecule has 0 rings (SSSR count). The lowest BCUT2D eigenvalue weighted by Crippen LogP contribution is -2.34. The molecule has 0 bridgehead atoms. The van der Waals surface area contributed by atoms with E-state index < -0.39 is 12.2 Å². The molecule has 6 nitrogen and oxygen atoms in total. The highest BCUT2D eigenvalue weighted by molar-refractivity contribution is 5.76. The molecule has 0 saturated heterocycles. The number of primary amides is 2. The summed E-state index contributed by atoms with van der Waals surface area (Å²) < 4.78 is 0. The van der Waals surface area contributed by atoms with E-state index in [4.69, 9.17) is 16.6 Å². The third-order valence-corrected chi connectivity index (χ3v) is 4.64. The fourth-order valence-corrected chi connectivity index (χ4v) is 2.36. The first-order chi connectivity index (χ1) is 10.5. The van der Waals surface area contributed by atoms with Gasteiger partial charge >= 0.3 is 0 Å². The van der Waals surface area contributed by atoms with Gasteiger partial charge in [0.25, 0.3) is 0 Å². The third kappa shape index (κ3) is 9.56. The quantitative estimate of drug-likeness (QED) is 0.509. The second-order valence-corrected chi connectivity index (χ2v) is 6.41. The average molecular weight is 332 g/mol. The molecule has 0 aliphatic rings. The minimum atomic E-state index is -0.470. The van der Waals surface area contributed by atoms with Crippen LogP contribution >= 0.6 is 0 Å². The molecule has 23 heavy (non-hydrogen) atoms. The lowest BCUT2D eigenvalue weighted by Gasteiger charge is -2.25. The molecule has 0 aromatic carbocycles. The summed E-state index contributed by atoms with van der Waals surface area (Å²) in [5.74, 6) is -1.20. The van der Waals surface area contributed by atoms with Crippen LogP contribution in [0.2, 0.25) is 0 Å². The monoisotopic (exact) mass is 332 g/mol. The van der Waals surface area contributed by atoms with Gasteiger partial charge in [0, 0.05) is 11.8 Å². The molecule has 0 aliphatic heterocycles. The van der Waals surface area contributed by atoms with Gasteiger partial charge in [-0.25, -0.2) is 0 Å². The molecule has 0 saturated carbocycles. The van der Waals surface area contributed by atoms with Gasteiger partial charge in [-0.3, -0.25) is 9.59 Å². The van der Waals surface area contributed by atoms with Crippen LogP contribution in [-0.2, 0) is 9.59 Å². The number of rotatable bonds is 9. The van der Waals surface area contributed by atoms with Crippen LogP contribution in [0.5, 0.6) is 0 Å². The van der Waals surface area contributed by atoms with Gasteiger partial charge in [-0.15, -0.1) is 0 Å². The van der Waals surface area contributed by atoms with E-state index in [1.165, 1.54) is 0 Å². The van der Waals surface area contributed by atoms with Crippen LogP contribution in [0.1, 0.15) is 60.8 Å². The molecule has 0 radical (unpaired) electrons. The highest BCUT2D eigenvalue weighted by Gasteiger charge is 2.26. The first kappa shape index (κ1) is 24.1. The van der Waals surface area contributed by atoms with Gasteiger partial charge in [0.2, 0.25) is 11.8 Å². The number of aliphatic hydroxyl groups is 2. The Bertz CT molecular complexity index is 347. The topological polar surface area (TPSA) is 127 Å². The van der Waals surface area contributed by atoms with E-state index in [2.05, 4.69) is 0 Å². The summed E-state index contributed by atoms with van der Waals surface area (Å²) in [6.45, 7) is 11.0. The number of carbonyl (C=O) groups excluding carboxylic acids is 2. The smallest absolute Gasteiger partial charge is 0.220 e. The standard InChI is InChI=1S/C10H21NO2.C7H15NO2/c1-4-6-9(12)8(5-2)7(3)10(11)13;1-4(6(3)9)5(2)7(8)10/h7-9,12H,4-6H2,1-3H3,(H2,11,13);4-6,9H,1-3H3,(H2,8,10). The minimum absolute atomic E-state index is 0.0115. The first-order valence-electron chi connectivity index (χ1n) is 8.45. The zero-order chi connectivity index (χ0) is 18.7. The molecule has 0 fully saturated rings. The summed E-state index contributed by atoms with van der Waals surface area (Å²) in [7, 11) is 0. The summed E-state index contributed by atoms with van der Waals surface area (Å²) in [4.78, 5) is 21.5. The second kappa shape index (κ2) is 12.3. The Balaban J connectivity index is 0. The number of hydrogen-bond donors (Lipinski definition) is 4.